The number of fused-ring (bicyclic) bond motifs is 1. The topological polar surface area (TPSA) is 190 Å². The third-order valence-corrected chi connectivity index (χ3v) is 9.32. The molecule has 0 aliphatic carbocycles. The molecule has 1 aliphatic rings. The number of sulfonamides is 1. The summed E-state index contributed by atoms with van der Waals surface area (Å²) in [5.41, 5.74) is 1.21. The quantitative estimate of drug-likeness (QED) is 0.146. The van der Waals surface area contributed by atoms with E-state index >= 15 is 0 Å². The van der Waals surface area contributed by atoms with Crippen molar-refractivity contribution in [3.8, 4) is 0 Å². The van der Waals surface area contributed by atoms with Gasteiger partial charge in [-0.15, -0.1) is 0 Å². The summed E-state index contributed by atoms with van der Waals surface area (Å²) in [6.45, 7) is 9.04. The molecule has 15 heteroatoms. The van der Waals surface area contributed by atoms with Crippen LogP contribution in [0, 0.1) is 11.3 Å². The standard InChI is InChI=1S/C32H49N7O7S/c1-20(2)18-39(47(44,45)22-13-14-23-24(16-22)36-30(35-23)38-31(43)46-7)19-26(40)25(15-21-11-9-8-10-12-21)34-29(42)28(32(3,4)5)37-27(41)17-33-6/h8-14,16,20,25-26,28,30,33,35-36,40H,15,17-19H2,1-7H3,(H,34,42)(H,37,41)(H,38,43). The molecule has 4 unspecified atom stereocenters. The number of aliphatic hydroxyl groups is 1. The second-order valence-electron chi connectivity index (χ2n) is 13.0. The molecule has 0 aromatic heterocycles. The highest BCUT2D eigenvalue weighted by atomic mass is 32.2. The molecule has 3 rings (SSSR count). The molecule has 2 aromatic carbocycles. The Morgan fingerprint density at radius 3 is 2.26 bits per heavy atom. The number of anilines is 2. The van der Waals surface area contributed by atoms with E-state index in [1.807, 2.05) is 65.0 Å². The molecule has 260 valence electrons. The molecule has 1 aliphatic heterocycles. The monoisotopic (exact) mass is 675 g/mol. The predicted octanol–water partition coefficient (Wildman–Crippen LogP) is 1.65. The van der Waals surface area contributed by atoms with Crippen LogP contribution in [0.2, 0.25) is 0 Å². The maximum Gasteiger partial charge on any atom is 0.409 e. The van der Waals surface area contributed by atoms with Crippen molar-refractivity contribution in [2.24, 2.45) is 11.3 Å². The number of alkyl carbamates (subject to hydrolysis) is 1. The molecule has 0 saturated carbocycles. The zero-order valence-electron chi connectivity index (χ0n) is 28.1. The molecule has 1 heterocycles. The van der Waals surface area contributed by atoms with Crippen LogP contribution in [0.1, 0.15) is 40.2 Å². The lowest BCUT2D eigenvalue weighted by molar-refractivity contribution is -0.132. The van der Waals surface area contributed by atoms with Crippen molar-refractivity contribution in [3.05, 3.63) is 54.1 Å². The van der Waals surface area contributed by atoms with Crippen LogP contribution in [-0.2, 0) is 30.8 Å². The van der Waals surface area contributed by atoms with Gasteiger partial charge in [-0.25, -0.2) is 13.2 Å². The van der Waals surface area contributed by atoms with Crippen molar-refractivity contribution in [1.82, 2.24) is 25.6 Å². The smallest absolute Gasteiger partial charge is 0.409 e. The van der Waals surface area contributed by atoms with Gasteiger partial charge < -0.3 is 36.4 Å². The Morgan fingerprint density at radius 2 is 1.66 bits per heavy atom. The van der Waals surface area contributed by atoms with E-state index in [2.05, 4.69) is 36.6 Å². The number of benzene rings is 2. The molecule has 14 nitrogen and oxygen atoms in total. The maximum atomic E-state index is 14.1. The Labute approximate surface area is 277 Å². The van der Waals surface area contributed by atoms with Crippen LogP contribution < -0.4 is 31.9 Å². The molecule has 0 saturated heterocycles. The van der Waals surface area contributed by atoms with Crippen LogP contribution in [0.3, 0.4) is 0 Å². The highest BCUT2D eigenvalue weighted by Crippen LogP contribution is 2.32. The van der Waals surface area contributed by atoms with Crippen molar-refractivity contribution < 1.29 is 32.6 Å². The molecule has 0 radical (unpaired) electrons. The highest BCUT2D eigenvalue weighted by molar-refractivity contribution is 7.89. The first kappa shape index (κ1) is 37.5. The number of methoxy groups -OCH3 is 1. The lowest BCUT2D eigenvalue weighted by Crippen LogP contribution is -2.59. The Kier molecular flexibility index (Phi) is 13.0. The fraction of sp³-hybridized carbons (Fsp3) is 0.531. The van der Waals surface area contributed by atoms with Crippen LogP contribution in [-0.4, -0.2) is 94.0 Å². The third-order valence-electron chi connectivity index (χ3n) is 7.50. The van der Waals surface area contributed by atoms with Crippen molar-refractivity contribution in [1.29, 1.82) is 0 Å². The van der Waals surface area contributed by atoms with Gasteiger partial charge in [-0.3, -0.25) is 14.9 Å². The van der Waals surface area contributed by atoms with E-state index in [0.717, 1.165) is 5.56 Å². The van der Waals surface area contributed by atoms with E-state index in [4.69, 9.17) is 0 Å². The summed E-state index contributed by atoms with van der Waals surface area (Å²) in [5, 5.41) is 28.7. The average Bonchev–Trinajstić information content (AvgIpc) is 3.40. The van der Waals surface area contributed by atoms with Gasteiger partial charge in [-0.05, 0) is 48.6 Å². The fourth-order valence-corrected chi connectivity index (χ4v) is 6.80. The minimum Gasteiger partial charge on any atom is -0.453 e. The number of hydrogen-bond acceptors (Lipinski definition) is 10. The van der Waals surface area contributed by atoms with Crippen molar-refractivity contribution in [3.63, 3.8) is 0 Å². The first-order valence-electron chi connectivity index (χ1n) is 15.5. The van der Waals surface area contributed by atoms with Gasteiger partial charge in [0.15, 0.2) is 6.29 Å². The van der Waals surface area contributed by atoms with Gasteiger partial charge in [0.05, 0.1) is 42.1 Å². The third kappa shape index (κ3) is 10.5. The molecular formula is C32H49N7O7S. The number of aliphatic hydroxyl groups excluding tert-OH is 1. The maximum absolute atomic E-state index is 14.1. The zero-order valence-corrected chi connectivity index (χ0v) is 28.9. The first-order chi connectivity index (χ1) is 22.0. The van der Waals surface area contributed by atoms with Crippen molar-refractivity contribution in [2.45, 2.75) is 70.4 Å². The zero-order chi connectivity index (χ0) is 34.9. The number of hydrogen-bond donors (Lipinski definition) is 7. The molecule has 4 atom stereocenters. The number of likely N-dealkylation sites (N-methyl/N-ethyl adjacent to an activating group) is 1. The minimum atomic E-state index is -4.14. The molecule has 0 fully saturated rings. The van der Waals surface area contributed by atoms with Gasteiger partial charge in [0.25, 0.3) is 0 Å². The molecule has 2 aromatic rings. The number of amides is 3. The summed E-state index contributed by atoms with van der Waals surface area (Å²) in [6.07, 6.45) is -2.47. The molecule has 0 bridgehead atoms. The molecule has 3 amide bonds. The number of nitrogens with zero attached hydrogens (tertiary/aromatic N) is 1. The summed E-state index contributed by atoms with van der Waals surface area (Å²) in [6, 6.07) is 11.9. The van der Waals surface area contributed by atoms with Crippen LogP contribution in [0.4, 0.5) is 16.2 Å². The fourth-order valence-electron chi connectivity index (χ4n) is 5.15. The minimum absolute atomic E-state index is 0.0131. The van der Waals surface area contributed by atoms with Crippen LogP contribution >= 0.6 is 0 Å². The van der Waals surface area contributed by atoms with Crippen molar-refractivity contribution in [2.75, 3.05) is 44.4 Å². The first-order valence-corrected chi connectivity index (χ1v) is 17.0. The lowest BCUT2D eigenvalue weighted by Gasteiger charge is -2.34. The lowest BCUT2D eigenvalue weighted by atomic mass is 9.85. The van der Waals surface area contributed by atoms with E-state index in [-0.39, 0.29) is 42.8 Å². The summed E-state index contributed by atoms with van der Waals surface area (Å²) in [5.74, 6) is -0.939. The number of nitrogens with one attached hydrogen (secondary N) is 6. The van der Waals surface area contributed by atoms with Crippen molar-refractivity contribution >= 4 is 39.3 Å². The van der Waals surface area contributed by atoms with E-state index in [9.17, 15) is 27.9 Å². The summed E-state index contributed by atoms with van der Waals surface area (Å²) in [7, 11) is -1.27. The molecule has 47 heavy (non-hydrogen) atoms. The van der Waals surface area contributed by atoms with E-state index < -0.39 is 51.9 Å². The van der Waals surface area contributed by atoms with Crippen LogP contribution in [0.5, 0.6) is 0 Å². The van der Waals surface area contributed by atoms with Gasteiger partial charge in [0.2, 0.25) is 21.8 Å². The Bertz CT molecular complexity index is 1480. The van der Waals surface area contributed by atoms with E-state index in [1.54, 1.807) is 13.1 Å². The van der Waals surface area contributed by atoms with Gasteiger partial charge in [0.1, 0.15) is 6.04 Å². The molecular weight excluding hydrogens is 626 g/mol. The predicted molar refractivity (Wildman–Crippen MR) is 180 cm³/mol. The Morgan fingerprint density at radius 1 is 1.00 bits per heavy atom. The summed E-state index contributed by atoms with van der Waals surface area (Å²) in [4.78, 5) is 37.8. The van der Waals surface area contributed by atoms with Crippen LogP contribution in [0.25, 0.3) is 0 Å². The summed E-state index contributed by atoms with van der Waals surface area (Å²) < 4.78 is 34.0. The average molecular weight is 676 g/mol. The van der Waals surface area contributed by atoms with E-state index in [1.165, 1.54) is 23.5 Å². The van der Waals surface area contributed by atoms with Gasteiger partial charge in [0, 0.05) is 13.1 Å². The normalized spacial score (nSPS) is 16.3. The number of carbonyl (C=O) groups excluding carboxylic acids is 3. The Balaban J connectivity index is 1.89. The van der Waals surface area contributed by atoms with Gasteiger partial charge in [-0.2, -0.15) is 4.31 Å². The highest BCUT2D eigenvalue weighted by Gasteiger charge is 2.37. The van der Waals surface area contributed by atoms with Gasteiger partial charge >= 0.3 is 6.09 Å². The van der Waals surface area contributed by atoms with E-state index in [0.29, 0.717) is 11.4 Å². The molecule has 7 N–H and O–H groups in total. The van der Waals surface area contributed by atoms with Crippen LogP contribution in [0.15, 0.2) is 53.4 Å². The Hall–Kier alpha value is -3.92. The number of rotatable bonds is 15. The second kappa shape index (κ2) is 16.3. The summed E-state index contributed by atoms with van der Waals surface area (Å²) >= 11 is 0. The van der Waals surface area contributed by atoms with Gasteiger partial charge in [-0.1, -0.05) is 65.0 Å². The second-order valence-corrected chi connectivity index (χ2v) is 15.0. The number of ether oxygens (including phenoxy) is 1. The SMILES string of the molecule is CNCC(=O)NC(C(=O)NC(Cc1ccccc1)C(O)CN(CC(C)C)S(=O)(=O)c1ccc2c(c1)NC(NC(=O)OC)N2)C(C)(C)C. The molecule has 0 spiro atoms. The largest absolute Gasteiger partial charge is 0.453 e. The number of carbonyl (C=O) groups is 3.